The average molecular weight is 300 g/mol. The largest absolute Gasteiger partial charge is 0.496 e. The van der Waals surface area contributed by atoms with E-state index in [-0.39, 0.29) is 28.3 Å². The highest BCUT2D eigenvalue weighted by Gasteiger charge is 2.22. The Balaban J connectivity index is 2.36. The van der Waals surface area contributed by atoms with Crippen LogP contribution in [0.25, 0.3) is 0 Å². The van der Waals surface area contributed by atoms with Gasteiger partial charge in [0, 0.05) is 31.1 Å². The number of hydrogen-bond donors (Lipinski definition) is 3. The zero-order valence-corrected chi connectivity index (χ0v) is 12.2. The predicted molar refractivity (Wildman–Crippen MR) is 83.5 cm³/mol. The Bertz CT molecular complexity index is 784. The number of carbonyl (C=O) groups excluding carboxylic acids is 1. The van der Waals surface area contributed by atoms with Crippen LogP contribution < -0.4 is 16.6 Å². The third kappa shape index (κ3) is 2.83. The van der Waals surface area contributed by atoms with E-state index in [1.807, 2.05) is 0 Å². The number of nitrogens with two attached hydrogens (primary N) is 1. The SMILES string of the molecule is COC1=CC(=N)/C(=C\N)C=C1C(=O)Nc1cccn(C)c1=O. The van der Waals surface area contributed by atoms with Crippen molar-refractivity contribution in [3.8, 4) is 0 Å². The molecule has 1 aliphatic carbocycles. The lowest BCUT2D eigenvalue weighted by Crippen LogP contribution is -2.26. The summed E-state index contributed by atoms with van der Waals surface area (Å²) in [4.78, 5) is 24.3. The van der Waals surface area contributed by atoms with Crippen LogP contribution in [0.1, 0.15) is 0 Å². The topological polar surface area (TPSA) is 110 Å². The molecular weight excluding hydrogens is 284 g/mol. The Labute approximate surface area is 126 Å². The number of methoxy groups -OCH3 is 1. The van der Waals surface area contributed by atoms with Crippen LogP contribution in [-0.4, -0.2) is 23.3 Å². The number of nitrogens with one attached hydrogen (secondary N) is 2. The van der Waals surface area contributed by atoms with Crippen LogP contribution in [0.2, 0.25) is 0 Å². The van der Waals surface area contributed by atoms with Crippen LogP contribution in [0, 0.1) is 5.41 Å². The number of aromatic nitrogens is 1. The van der Waals surface area contributed by atoms with Crippen molar-refractivity contribution in [2.24, 2.45) is 12.8 Å². The molecule has 0 radical (unpaired) electrons. The van der Waals surface area contributed by atoms with Gasteiger partial charge in [0.25, 0.3) is 11.5 Å². The van der Waals surface area contributed by atoms with E-state index >= 15 is 0 Å². The molecule has 7 nitrogen and oxygen atoms in total. The van der Waals surface area contributed by atoms with Crippen LogP contribution in [0.3, 0.4) is 0 Å². The summed E-state index contributed by atoms with van der Waals surface area (Å²) in [6.07, 6.45) is 5.68. The maximum Gasteiger partial charge on any atom is 0.274 e. The molecule has 0 saturated carbocycles. The Morgan fingerprint density at radius 1 is 1.45 bits per heavy atom. The molecule has 0 spiro atoms. The number of pyridine rings is 1. The summed E-state index contributed by atoms with van der Waals surface area (Å²) in [5.41, 5.74) is 6.01. The molecule has 114 valence electrons. The van der Waals surface area contributed by atoms with Gasteiger partial charge in [-0.15, -0.1) is 0 Å². The molecule has 0 saturated heterocycles. The molecule has 1 aromatic rings. The predicted octanol–water partition coefficient (Wildman–Crippen LogP) is 0.656. The van der Waals surface area contributed by atoms with Crippen LogP contribution in [-0.2, 0) is 16.6 Å². The minimum absolute atomic E-state index is 0.145. The van der Waals surface area contributed by atoms with Crippen LogP contribution in [0.4, 0.5) is 5.69 Å². The number of ether oxygens (including phenoxy) is 1. The summed E-state index contributed by atoms with van der Waals surface area (Å²) in [7, 11) is 2.99. The molecule has 2 rings (SSSR count). The first-order chi connectivity index (χ1) is 10.5. The Hall–Kier alpha value is -3.09. The molecule has 0 atom stereocenters. The van der Waals surface area contributed by atoms with E-state index in [9.17, 15) is 9.59 Å². The molecule has 1 aliphatic rings. The lowest BCUT2D eigenvalue weighted by atomic mass is 9.98. The molecular formula is C15H16N4O3. The summed E-state index contributed by atoms with van der Waals surface area (Å²) >= 11 is 0. The van der Waals surface area contributed by atoms with Crippen molar-refractivity contribution in [3.05, 3.63) is 63.9 Å². The second kappa shape index (κ2) is 6.13. The number of hydrogen-bond acceptors (Lipinski definition) is 5. The van der Waals surface area contributed by atoms with Crippen molar-refractivity contribution in [1.29, 1.82) is 5.41 Å². The third-order valence-electron chi connectivity index (χ3n) is 3.17. The molecule has 1 heterocycles. The van der Waals surface area contributed by atoms with Gasteiger partial charge in [0.15, 0.2) is 0 Å². The van der Waals surface area contributed by atoms with E-state index in [1.54, 1.807) is 19.3 Å². The molecule has 1 aromatic heterocycles. The van der Waals surface area contributed by atoms with Gasteiger partial charge in [-0.2, -0.15) is 0 Å². The average Bonchev–Trinajstić information content (AvgIpc) is 2.51. The molecule has 0 fully saturated rings. The fraction of sp³-hybridized carbons (Fsp3) is 0.133. The lowest BCUT2D eigenvalue weighted by molar-refractivity contribution is -0.112. The fourth-order valence-electron chi connectivity index (χ4n) is 1.96. The van der Waals surface area contributed by atoms with Gasteiger partial charge < -0.3 is 25.8 Å². The van der Waals surface area contributed by atoms with E-state index in [0.29, 0.717) is 5.57 Å². The zero-order chi connectivity index (χ0) is 16.3. The Morgan fingerprint density at radius 3 is 2.82 bits per heavy atom. The Kier molecular flexibility index (Phi) is 4.26. The quantitative estimate of drug-likeness (QED) is 0.761. The minimum atomic E-state index is -0.511. The van der Waals surface area contributed by atoms with Gasteiger partial charge in [-0.05, 0) is 18.2 Å². The number of allylic oxidation sites excluding steroid dienone is 3. The number of aryl methyl sites for hydroxylation is 1. The standard InChI is InChI=1S/C15H16N4O3/c1-19-5-3-4-12(15(19)21)18-14(20)10-6-9(8-16)11(17)7-13(10)22-2/h3-8,17H,16H2,1-2H3,(H,18,20)/b9-8-,17-11?. The summed E-state index contributed by atoms with van der Waals surface area (Å²) in [5.74, 6) is -0.274. The van der Waals surface area contributed by atoms with Gasteiger partial charge in [0.2, 0.25) is 0 Å². The number of rotatable bonds is 3. The number of anilines is 1. The molecule has 7 heteroatoms. The molecule has 1 amide bonds. The molecule has 0 aromatic carbocycles. The summed E-state index contributed by atoms with van der Waals surface area (Å²) in [6, 6.07) is 3.17. The normalized spacial score (nSPS) is 16.1. The van der Waals surface area contributed by atoms with Crippen molar-refractivity contribution >= 4 is 17.3 Å². The van der Waals surface area contributed by atoms with Gasteiger partial charge in [-0.1, -0.05) is 0 Å². The fourth-order valence-corrected chi connectivity index (χ4v) is 1.96. The lowest BCUT2D eigenvalue weighted by Gasteiger charge is -2.16. The monoisotopic (exact) mass is 300 g/mol. The first-order valence-corrected chi connectivity index (χ1v) is 6.43. The van der Waals surface area contributed by atoms with E-state index in [4.69, 9.17) is 15.9 Å². The highest BCUT2D eigenvalue weighted by atomic mass is 16.5. The molecule has 0 aliphatic heterocycles. The van der Waals surface area contributed by atoms with Gasteiger partial charge in [-0.25, -0.2) is 0 Å². The highest BCUT2D eigenvalue weighted by Crippen LogP contribution is 2.21. The van der Waals surface area contributed by atoms with Crippen molar-refractivity contribution in [1.82, 2.24) is 4.57 Å². The number of amides is 1. The van der Waals surface area contributed by atoms with E-state index in [1.165, 1.54) is 36.1 Å². The molecule has 22 heavy (non-hydrogen) atoms. The van der Waals surface area contributed by atoms with E-state index in [0.717, 1.165) is 0 Å². The number of nitrogens with zero attached hydrogens (tertiary/aromatic N) is 1. The van der Waals surface area contributed by atoms with Crippen LogP contribution in [0.5, 0.6) is 0 Å². The van der Waals surface area contributed by atoms with E-state index < -0.39 is 5.91 Å². The summed E-state index contributed by atoms with van der Waals surface area (Å²) in [5, 5.41) is 10.3. The molecule has 4 N–H and O–H groups in total. The molecule has 0 bridgehead atoms. The first kappa shape index (κ1) is 15.3. The van der Waals surface area contributed by atoms with Crippen LogP contribution in [0.15, 0.2) is 58.4 Å². The first-order valence-electron chi connectivity index (χ1n) is 6.43. The second-order valence-electron chi connectivity index (χ2n) is 4.60. The maximum absolute atomic E-state index is 12.4. The van der Waals surface area contributed by atoms with Gasteiger partial charge >= 0.3 is 0 Å². The van der Waals surface area contributed by atoms with Crippen molar-refractivity contribution in [3.63, 3.8) is 0 Å². The van der Waals surface area contributed by atoms with Gasteiger partial charge in [-0.3, -0.25) is 9.59 Å². The second-order valence-corrected chi connectivity index (χ2v) is 4.60. The summed E-state index contributed by atoms with van der Waals surface area (Å²) < 4.78 is 6.48. The van der Waals surface area contributed by atoms with Crippen molar-refractivity contribution < 1.29 is 9.53 Å². The minimum Gasteiger partial charge on any atom is -0.496 e. The number of carbonyl (C=O) groups is 1. The van der Waals surface area contributed by atoms with Gasteiger partial charge in [0.1, 0.15) is 11.4 Å². The van der Waals surface area contributed by atoms with Crippen molar-refractivity contribution in [2.75, 3.05) is 12.4 Å². The summed E-state index contributed by atoms with van der Waals surface area (Å²) in [6.45, 7) is 0. The van der Waals surface area contributed by atoms with Crippen molar-refractivity contribution in [2.45, 2.75) is 0 Å². The maximum atomic E-state index is 12.4. The van der Waals surface area contributed by atoms with Crippen LogP contribution >= 0.6 is 0 Å². The molecule has 0 unspecified atom stereocenters. The highest BCUT2D eigenvalue weighted by molar-refractivity contribution is 6.16. The van der Waals surface area contributed by atoms with E-state index in [2.05, 4.69) is 5.32 Å². The third-order valence-corrected chi connectivity index (χ3v) is 3.17. The zero-order valence-electron chi connectivity index (χ0n) is 12.2. The smallest absolute Gasteiger partial charge is 0.274 e. The van der Waals surface area contributed by atoms with Gasteiger partial charge in [0.05, 0.1) is 18.4 Å². The Morgan fingerprint density at radius 2 is 2.18 bits per heavy atom.